The maximum atomic E-state index is 6.43. The molecule has 5 heteroatoms. The van der Waals surface area contributed by atoms with Crippen LogP contribution in [0.2, 0.25) is 5.02 Å². The van der Waals surface area contributed by atoms with E-state index in [4.69, 9.17) is 25.5 Å². The van der Waals surface area contributed by atoms with E-state index in [1.165, 1.54) is 0 Å². The van der Waals surface area contributed by atoms with Crippen molar-refractivity contribution in [2.45, 2.75) is 24.6 Å². The number of furan rings is 1. The van der Waals surface area contributed by atoms with Crippen LogP contribution in [0.5, 0.6) is 11.5 Å². The molecule has 0 bridgehead atoms. The fourth-order valence-corrected chi connectivity index (χ4v) is 3.61. The predicted octanol–water partition coefficient (Wildman–Crippen LogP) is 5.14. The van der Waals surface area contributed by atoms with E-state index in [0.717, 1.165) is 35.5 Å². The molecule has 0 aliphatic carbocycles. The number of hydrogen-bond acceptors (Lipinski definition) is 3. The van der Waals surface area contributed by atoms with Gasteiger partial charge in [-0.05, 0) is 17.7 Å². The average molecular weight is 372 g/mol. The third-order valence-corrected chi connectivity index (χ3v) is 4.83. The molecule has 0 fully saturated rings. The molecule has 0 saturated carbocycles. The highest BCUT2D eigenvalue weighted by Crippen LogP contribution is 2.43. The number of alkyl halides is 1. The SMILES string of the molecule is CCc1occc1C(Br)c1cc2c(cc1Cl)OCCCO2. The first-order chi connectivity index (χ1) is 10.2. The van der Waals surface area contributed by atoms with Gasteiger partial charge in [-0.15, -0.1) is 0 Å². The zero-order chi connectivity index (χ0) is 14.8. The molecule has 0 amide bonds. The maximum Gasteiger partial charge on any atom is 0.162 e. The number of aryl methyl sites for hydroxylation is 1. The van der Waals surface area contributed by atoms with E-state index in [1.54, 1.807) is 6.26 Å². The Labute approximate surface area is 137 Å². The molecule has 2 aromatic rings. The number of ether oxygens (including phenoxy) is 2. The number of hydrogen-bond donors (Lipinski definition) is 0. The molecule has 0 saturated heterocycles. The van der Waals surface area contributed by atoms with Crippen molar-refractivity contribution >= 4 is 27.5 Å². The van der Waals surface area contributed by atoms with Crippen molar-refractivity contribution < 1.29 is 13.9 Å². The lowest BCUT2D eigenvalue weighted by molar-refractivity contribution is 0.297. The summed E-state index contributed by atoms with van der Waals surface area (Å²) in [5, 5.41) is 0.657. The second-order valence-electron chi connectivity index (χ2n) is 4.89. The normalized spacial score (nSPS) is 15.6. The molecule has 0 spiro atoms. The molecule has 1 aliphatic rings. The zero-order valence-electron chi connectivity index (χ0n) is 11.7. The molecule has 3 nitrogen and oxygen atoms in total. The minimum absolute atomic E-state index is 0.0316. The van der Waals surface area contributed by atoms with Gasteiger partial charge in [-0.2, -0.15) is 0 Å². The number of fused-ring (bicyclic) bond motifs is 1. The molecule has 112 valence electrons. The second kappa shape index (κ2) is 6.32. The van der Waals surface area contributed by atoms with Crippen molar-refractivity contribution in [2.75, 3.05) is 13.2 Å². The number of rotatable bonds is 3. The highest BCUT2D eigenvalue weighted by molar-refractivity contribution is 9.09. The van der Waals surface area contributed by atoms with Gasteiger partial charge in [0.15, 0.2) is 11.5 Å². The van der Waals surface area contributed by atoms with Gasteiger partial charge in [-0.25, -0.2) is 0 Å². The molecule has 1 unspecified atom stereocenters. The lowest BCUT2D eigenvalue weighted by Gasteiger charge is -2.15. The van der Waals surface area contributed by atoms with Gasteiger partial charge < -0.3 is 13.9 Å². The summed E-state index contributed by atoms with van der Waals surface area (Å²) in [6.07, 6.45) is 3.42. The van der Waals surface area contributed by atoms with E-state index in [0.29, 0.717) is 24.0 Å². The molecule has 2 heterocycles. The molecule has 3 rings (SSSR count). The summed E-state index contributed by atoms with van der Waals surface area (Å²) in [5.41, 5.74) is 2.05. The zero-order valence-corrected chi connectivity index (χ0v) is 14.0. The first-order valence-electron chi connectivity index (χ1n) is 7.00. The largest absolute Gasteiger partial charge is 0.490 e. The third-order valence-electron chi connectivity index (χ3n) is 3.51. The van der Waals surface area contributed by atoms with Gasteiger partial charge in [0.2, 0.25) is 0 Å². The Hall–Kier alpha value is -1.13. The Morgan fingerprint density at radius 3 is 2.62 bits per heavy atom. The van der Waals surface area contributed by atoms with E-state index in [1.807, 2.05) is 18.2 Å². The molecule has 1 aromatic heterocycles. The second-order valence-corrected chi connectivity index (χ2v) is 6.21. The fourth-order valence-electron chi connectivity index (χ4n) is 2.43. The lowest BCUT2D eigenvalue weighted by atomic mass is 10.0. The van der Waals surface area contributed by atoms with Crippen LogP contribution in [-0.4, -0.2) is 13.2 Å². The Morgan fingerprint density at radius 2 is 1.90 bits per heavy atom. The van der Waals surface area contributed by atoms with Gasteiger partial charge >= 0.3 is 0 Å². The average Bonchev–Trinajstić information content (AvgIpc) is 2.85. The van der Waals surface area contributed by atoms with Crippen molar-refractivity contribution in [3.63, 3.8) is 0 Å². The Bertz CT molecular complexity index is 638. The molecule has 1 aromatic carbocycles. The van der Waals surface area contributed by atoms with Crippen LogP contribution >= 0.6 is 27.5 Å². The van der Waals surface area contributed by atoms with Crippen LogP contribution < -0.4 is 9.47 Å². The van der Waals surface area contributed by atoms with Crippen molar-refractivity contribution in [1.82, 2.24) is 0 Å². The summed E-state index contributed by atoms with van der Waals surface area (Å²) in [7, 11) is 0. The Kier molecular flexibility index (Phi) is 4.45. The van der Waals surface area contributed by atoms with Crippen molar-refractivity contribution in [2.24, 2.45) is 0 Å². The van der Waals surface area contributed by atoms with Crippen LogP contribution in [-0.2, 0) is 6.42 Å². The molecular weight excluding hydrogens is 356 g/mol. The minimum Gasteiger partial charge on any atom is -0.490 e. The fraction of sp³-hybridized carbons (Fsp3) is 0.375. The lowest BCUT2D eigenvalue weighted by Crippen LogP contribution is -1.99. The summed E-state index contributed by atoms with van der Waals surface area (Å²) >= 11 is 10.1. The molecular formula is C16H16BrClO3. The Morgan fingerprint density at radius 1 is 1.19 bits per heavy atom. The summed E-state index contributed by atoms with van der Waals surface area (Å²) in [4.78, 5) is -0.0316. The standard InChI is InChI=1S/C16H16BrClO3/c1-2-13-10(4-7-21-13)16(17)11-8-14-15(9-12(11)18)20-6-3-5-19-14/h4,7-9,16H,2-3,5-6H2,1H3. The quantitative estimate of drug-likeness (QED) is 0.700. The Balaban J connectivity index is 2.00. The first-order valence-corrected chi connectivity index (χ1v) is 8.29. The summed E-state index contributed by atoms with van der Waals surface area (Å²) in [6, 6.07) is 5.75. The molecule has 21 heavy (non-hydrogen) atoms. The molecule has 0 N–H and O–H groups in total. The smallest absolute Gasteiger partial charge is 0.162 e. The van der Waals surface area contributed by atoms with Crippen LogP contribution in [0.25, 0.3) is 0 Å². The minimum atomic E-state index is -0.0316. The van der Waals surface area contributed by atoms with E-state index in [-0.39, 0.29) is 4.83 Å². The van der Waals surface area contributed by atoms with Crippen molar-refractivity contribution in [3.8, 4) is 11.5 Å². The molecule has 0 radical (unpaired) electrons. The van der Waals surface area contributed by atoms with Crippen LogP contribution in [0.3, 0.4) is 0 Å². The van der Waals surface area contributed by atoms with Gasteiger partial charge in [0.1, 0.15) is 5.76 Å². The molecule has 1 aliphatic heterocycles. The number of benzene rings is 1. The highest BCUT2D eigenvalue weighted by Gasteiger charge is 2.22. The van der Waals surface area contributed by atoms with Crippen LogP contribution in [0.4, 0.5) is 0 Å². The van der Waals surface area contributed by atoms with Gasteiger partial charge in [0.05, 0.1) is 24.3 Å². The molecule has 1 atom stereocenters. The van der Waals surface area contributed by atoms with Gasteiger partial charge in [0, 0.05) is 29.5 Å². The summed E-state index contributed by atoms with van der Waals surface area (Å²) in [5.74, 6) is 2.42. The topological polar surface area (TPSA) is 31.6 Å². The first kappa shape index (κ1) is 14.8. The van der Waals surface area contributed by atoms with Crippen molar-refractivity contribution in [3.05, 3.63) is 46.4 Å². The van der Waals surface area contributed by atoms with Crippen LogP contribution in [0, 0.1) is 0 Å². The summed E-state index contributed by atoms with van der Waals surface area (Å²) in [6.45, 7) is 3.38. The van der Waals surface area contributed by atoms with Crippen LogP contribution in [0.15, 0.2) is 28.9 Å². The third kappa shape index (κ3) is 2.92. The van der Waals surface area contributed by atoms with Crippen LogP contribution in [0.1, 0.15) is 35.1 Å². The van der Waals surface area contributed by atoms with E-state index in [9.17, 15) is 0 Å². The van der Waals surface area contributed by atoms with Crippen molar-refractivity contribution in [1.29, 1.82) is 0 Å². The van der Waals surface area contributed by atoms with Gasteiger partial charge in [-0.3, -0.25) is 0 Å². The van der Waals surface area contributed by atoms with E-state index >= 15 is 0 Å². The van der Waals surface area contributed by atoms with E-state index in [2.05, 4.69) is 22.9 Å². The highest BCUT2D eigenvalue weighted by atomic mass is 79.9. The van der Waals surface area contributed by atoms with E-state index < -0.39 is 0 Å². The number of halogens is 2. The monoisotopic (exact) mass is 370 g/mol. The summed E-state index contributed by atoms with van der Waals surface area (Å²) < 4.78 is 16.9. The predicted molar refractivity (Wildman–Crippen MR) is 85.9 cm³/mol. The van der Waals surface area contributed by atoms with Gasteiger partial charge in [0.25, 0.3) is 0 Å². The van der Waals surface area contributed by atoms with Gasteiger partial charge in [-0.1, -0.05) is 34.5 Å². The maximum absolute atomic E-state index is 6.43.